The largest absolute Gasteiger partial charge is 0.444 e. The lowest BCUT2D eigenvalue weighted by Gasteiger charge is -2.21. The van der Waals surface area contributed by atoms with Gasteiger partial charge in [-0.25, -0.2) is 9.59 Å². The van der Waals surface area contributed by atoms with Crippen LogP contribution < -0.4 is 27.0 Å². The molecule has 0 bridgehead atoms. The van der Waals surface area contributed by atoms with Crippen LogP contribution in [0, 0.1) is 0 Å². The van der Waals surface area contributed by atoms with Crippen molar-refractivity contribution in [1.82, 2.24) is 16.0 Å². The Kier molecular flexibility index (Phi) is 10.3. The Morgan fingerprint density at radius 3 is 2.29 bits per heavy atom. The summed E-state index contributed by atoms with van der Waals surface area (Å²) in [6.45, 7) is 4.82. The topological polar surface area (TPSA) is 172 Å². The molecule has 0 aliphatic carbocycles. The Bertz CT molecular complexity index is 760. The minimum absolute atomic E-state index is 0.121. The maximum Gasteiger partial charge on any atom is 0.408 e. The van der Waals surface area contributed by atoms with Crippen LogP contribution in [0.15, 0.2) is 24.3 Å². The number of ether oxygens (including phenoxy) is 1. The average Bonchev–Trinajstić information content (AvgIpc) is 2.67. The summed E-state index contributed by atoms with van der Waals surface area (Å²) >= 11 is 0. The molecular weight excluding hydrogens is 406 g/mol. The number of carbonyl (C=O) groups excluding carboxylic acids is 4. The van der Waals surface area contributed by atoms with Crippen molar-refractivity contribution in [3.8, 4) is 0 Å². The third kappa shape index (κ3) is 11.4. The lowest BCUT2D eigenvalue weighted by molar-refractivity contribution is -0.126. The zero-order valence-corrected chi connectivity index (χ0v) is 18.0. The molecule has 0 saturated heterocycles. The standard InChI is InChI=1S/C20H31N5O6/c1-20(2,3)31-19(30)23-11-16(27)25-15(5-4-10-22-18(21)29)17(28)24-14-8-6-13(12-26)7-9-14/h6-9,15,26H,4-5,10-12H2,1-3H3,(H,23,30)(H,24,28)(H,25,27)(H3,21,22,29)/t15-/m0/s1. The lowest BCUT2D eigenvalue weighted by Crippen LogP contribution is -2.48. The van der Waals surface area contributed by atoms with Crippen molar-refractivity contribution in [2.75, 3.05) is 18.4 Å². The molecule has 1 atom stereocenters. The number of rotatable bonds is 10. The molecule has 7 N–H and O–H groups in total. The van der Waals surface area contributed by atoms with Crippen LogP contribution in [0.25, 0.3) is 0 Å². The predicted molar refractivity (Wildman–Crippen MR) is 114 cm³/mol. The van der Waals surface area contributed by atoms with Gasteiger partial charge in [0.25, 0.3) is 0 Å². The number of alkyl carbamates (subject to hydrolysis) is 1. The number of primary amides is 1. The Labute approximate surface area is 181 Å². The number of nitrogens with two attached hydrogens (primary N) is 1. The molecule has 0 saturated carbocycles. The minimum atomic E-state index is -0.917. The second kappa shape index (κ2) is 12.4. The number of amides is 5. The van der Waals surface area contributed by atoms with Gasteiger partial charge in [0.05, 0.1) is 6.61 Å². The summed E-state index contributed by atoms with van der Waals surface area (Å²) in [5.74, 6) is -1.05. The highest BCUT2D eigenvalue weighted by molar-refractivity contribution is 5.97. The molecule has 11 heteroatoms. The second-order valence-corrected chi connectivity index (χ2v) is 7.75. The fourth-order valence-electron chi connectivity index (χ4n) is 2.42. The molecular formula is C20H31N5O6. The SMILES string of the molecule is CC(C)(C)OC(=O)NCC(=O)N[C@@H](CCCNC(N)=O)C(=O)Nc1ccc(CO)cc1. The normalized spacial score (nSPS) is 11.7. The number of urea groups is 1. The molecule has 0 radical (unpaired) electrons. The number of hydrogen-bond acceptors (Lipinski definition) is 6. The number of benzene rings is 1. The van der Waals surface area contributed by atoms with E-state index >= 15 is 0 Å². The van der Waals surface area contributed by atoms with E-state index in [2.05, 4.69) is 21.3 Å². The quantitative estimate of drug-likeness (QED) is 0.292. The van der Waals surface area contributed by atoms with Gasteiger partial charge in [-0.2, -0.15) is 0 Å². The lowest BCUT2D eigenvalue weighted by atomic mass is 10.1. The van der Waals surface area contributed by atoms with Gasteiger partial charge in [0.1, 0.15) is 18.2 Å². The smallest absolute Gasteiger partial charge is 0.408 e. The van der Waals surface area contributed by atoms with Crippen LogP contribution in [-0.2, 0) is 20.9 Å². The zero-order chi connectivity index (χ0) is 23.4. The molecule has 1 aromatic carbocycles. The monoisotopic (exact) mass is 437 g/mol. The van der Waals surface area contributed by atoms with Crippen molar-refractivity contribution in [1.29, 1.82) is 0 Å². The fourth-order valence-corrected chi connectivity index (χ4v) is 2.42. The van der Waals surface area contributed by atoms with Gasteiger partial charge in [-0.05, 0) is 51.3 Å². The van der Waals surface area contributed by atoms with Crippen molar-refractivity contribution in [2.45, 2.75) is 51.9 Å². The van der Waals surface area contributed by atoms with Gasteiger partial charge in [0.2, 0.25) is 11.8 Å². The van der Waals surface area contributed by atoms with Crippen molar-refractivity contribution < 1.29 is 29.0 Å². The Hall–Kier alpha value is -3.34. The molecule has 1 aromatic rings. The third-order valence-corrected chi connectivity index (χ3v) is 3.82. The molecule has 0 fully saturated rings. The summed E-state index contributed by atoms with van der Waals surface area (Å²) in [7, 11) is 0. The fraction of sp³-hybridized carbons (Fsp3) is 0.500. The third-order valence-electron chi connectivity index (χ3n) is 3.82. The first kappa shape index (κ1) is 25.7. The summed E-state index contributed by atoms with van der Waals surface area (Å²) < 4.78 is 5.06. The summed E-state index contributed by atoms with van der Waals surface area (Å²) in [6.07, 6.45) is -0.151. The Morgan fingerprint density at radius 1 is 1.10 bits per heavy atom. The Morgan fingerprint density at radius 2 is 1.74 bits per heavy atom. The van der Waals surface area contributed by atoms with Crippen molar-refractivity contribution in [3.05, 3.63) is 29.8 Å². The van der Waals surface area contributed by atoms with E-state index < -0.39 is 35.6 Å². The van der Waals surface area contributed by atoms with E-state index in [9.17, 15) is 19.2 Å². The number of carbonyl (C=O) groups is 4. The number of aliphatic hydroxyl groups is 1. The van der Waals surface area contributed by atoms with Crippen LogP contribution in [0.2, 0.25) is 0 Å². The van der Waals surface area contributed by atoms with E-state index in [1.54, 1.807) is 45.0 Å². The Balaban J connectivity index is 2.68. The first-order valence-electron chi connectivity index (χ1n) is 9.80. The summed E-state index contributed by atoms with van der Waals surface area (Å²) in [6, 6.07) is 4.97. The van der Waals surface area contributed by atoms with Crippen LogP contribution >= 0.6 is 0 Å². The van der Waals surface area contributed by atoms with E-state index in [0.717, 1.165) is 0 Å². The minimum Gasteiger partial charge on any atom is -0.444 e. The first-order valence-corrected chi connectivity index (χ1v) is 9.80. The number of anilines is 1. The van der Waals surface area contributed by atoms with E-state index in [4.69, 9.17) is 15.6 Å². The molecule has 31 heavy (non-hydrogen) atoms. The first-order chi connectivity index (χ1) is 14.5. The van der Waals surface area contributed by atoms with Crippen LogP contribution in [0.1, 0.15) is 39.2 Å². The van der Waals surface area contributed by atoms with Gasteiger partial charge < -0.3 is 36.8 Å². The van der Waals surface area contributed by atoms with Gasteiger partial charge in [-0.1, -0.05) is 12.1 Å². The number of aliphatic hydroxyl groups excluding tert-OH is 1. The van der Waals surface area contributed by atoms with Gasteiger partial charge in [0.15, 0.2) is 0 Å². The van der Waals surface area contributed by atoms with Gasteiger partial charge in [-0.3, -0.25) is 9.59 Å². The zero-order valence-electron chi connectivity index (χ0n) is 18.0. The summed E-state index contributed by atoms with van der Waals surface area (Å²) in [4.78, 5) is 47.4. The highest BCUT2D eigenvalue weighted by Gasteiger charge is 2.22. The van der Waals surface area contributed by atoms with E-state index in [1.807, 2.05) is 0 Å². The maximum atomic E-state index is 12.7. The molecule has 0 aliphatic rings. The van der Waals surface area contributed by atoms with Crippen molar-refractivity contribution >= 4 is 29.6 Å². The van der Waals surface area contributed by atoms with Crippen molar-refractivity contribution in [3.63, 3.8) is 0 Å². The van der Waals surface area contributed by atoms with Gasteiger partial charge >= 0.3 is 12.1 Å². The molecule has 1 rings (SSSR count). The molecule has 0 spiro atoms. The van der Waals surface area contributed by atoms with Crippen molar-refractivity contribution in [2.24, 2.45) is 5.73 Å². The van der Waals surface area contributed by atoms with Crippen LogP contribution in [0.5, 0.6) is 0 Å². The number of hydrogen-bond donors (Lipinski definition) is 6. The highest BCUT2D eigenvalue weighted by Crippen LogP contribution is 2.11. The molecule has 5 amide bonds. The summed E-state index contributed by atoms with van der Waals surface area (Å²) in [5, 5.41) is 19.1. The second-order valence-electron chi connectivity index (χ2n) is 7.75. The van der Waals surface area contributed by atoms with Crippen LogP contribution in [0.4, 0.5) is 15.3 Å². The van der Waals surface area contributed by atoms with E-state index in [0.29, 0.717) is 17.7 Å². The number of nitrogens with one attached hydrogen (secondary N) is 4. The molecule has 172 valence electrons. The van der Waals surface area contributed by atoms with Crippen LogP contribution in [0.3, 0.4) is 0 Å². The van der Waals surface area contributed by atoms with E-state index in [-0.39, 0.29) is 26.1 Å². The molecule has 11 nitrogen and oxygen atoms in total. The van der Waals surface area contributed by atoms with Gasteiger partial charge in [-0.15, -0.1) is 0 Å². The molecule has 0 unspecified atom stereocenters. The van der Waals surface area contributed by atoms with E-state index in [1.165, 1.54) is 0 Å². The average molecular weight is 437 g/mol. The van der Waals surface area contributed by atoms with Crippen LogP contribution in [-0.4, -0.2) is 53.8 Å². The summed E-state index contributed by atoms with van der Waals surface area (Å²) in [5.41, 5.74) is 5.49. The highest BCUT2D eigenvalue weighted by atomic mass is 16.6. The molecule has 0 aromatic heterocycles. The maximum absolute atomic E-state index is 12.7. The molecule has 0 heterocycles. The molecule has 0 aliphatic heterocycles. The predicted octanol–water partition coefficient (Wildman–Crippen LogP) is 0.575. The van der Waals surface area contributed by atoms with Gasteiger partial charge in [0, 0.05) is 12.2 Å².